The maximum absolute atomic E-state index is 11.9. The zero-order chi connectivity index (χ0) is 75.2. The topological polar surface area (TPSA) is 202 Å². The van der Waals surface area contributed by atoms with E-state index in [4.69, 9.17) is 19.7 Å². The minimum Gasteiger partial charge on any atom is -0.508 e. The SMILES string of the molecule is CCCCCCCCC(=O)Nc1ccc(O)cc1.CCCCCCCCCCCC(=O)Nc1ccc(O)cc1.CCCCCCCCCCCCCCCCCC(=O)Nc1ccc(O)cc1.CN(C)Cc1cc(C(C)(C)C)c(O)c(C(C)(C)C)c1.COc1ccc(Nc2ccc(OC)cc2)cc1. The number of rotatable bonds is 42. The van der Waals surface area contributed by atoms with E-state index in [1.165, 1.54) is 160 Å². The number of carbonyl (C=O) groups excluding carboxylic acids is 3. The normalized spacial score (nSPS) is 10.9. The molecule has 102 heavy (non-hydrogen) atoms. The quantitative estimate of drug-likeness (QED) is 0.0134. The van der Waals surface area contributed by atoms with Crippen LogP contribution in [0.15, 0.2) is 133 Å². The molecule has 0 fully saturated rings. The van der Waals surface area contributed by atoms with Crippen LogP contribution in [0.4, 0.5) is 28.4 Å². The lowest BCUT2D eigenvalue weighted by Crippen LogP contribution is -2.19. The molecule has 14 heteroatoms. The van der Waals surface area contributed by atoms with Gasteiger partial charge in [0.1, 0.15) is 34.5 Å². The molecule has 0 radical (unpaired) electrons. The van der Waals surface area contributed by atoms with Gasteiger partial charge in [-0.15, -0.1) is 0 Å². The van der Waals surface area contributed by atoms with E-state index in [1.54, 1.807) is 87.0 Å². The minimum absolute atomic E-state index is 0.0492. The van der Waals surface area contributed by atoms with Gasteiger partial charge in [0.25, 0.3) is 0 Å². The summed E-state index contributed by atoms with van der Waals surface area (Å²) in [6, 6.07) is 39.6. The van der Waals surface area contributed by atoms with Crippen LogP contribution in [0.3, 0.4) is 0 Å². The summed E-state index contributed by atoms with van der Waals surface area (Å²) in [7, 11) is 7.46. The summed E-state index contributed by atoms with van der Waals surface area (Å²) in [6.45, 7) is 20.5. The van der Waals surface area contributed by atoms with Crippen LogP contribution >= 0.6 is 0 Å². The van der Waals surface area contributed by atoms with Crippen LogP contribution in [0.25, 0.3) is 0 Å². The van der Waals surface area contributed by atoms with Crippen molar-refractivity contribution in [3.05, 3.63) is 150 Å². The Kier molecular flexibility index (Phi) is 48.7. The third kappa shape index (κ3) is 45.3. The van der Waals surface area contributed by atoms with Crippen LogP contribution in [0.5, 0.6) is 34.5 Å². The summed E-state index contributed by atoms with van der Waals surface area (Å²) >= 11 is 0. The van der Waals surface area contributed by atoms with Crippen molar-refractivity contribution in [2.75, 3.05) is 49.6 Å². The van der Waals surface area contributed by atoms with Gasteiger partial charge in [-0.1, -0.05) is 248 Å². The molecule has 0 atom stereocenters. The Morgan fingerprint density at radius 1 is 0.343 bits per heavy atom. The molecule has 0 saturated heterocycles. The second-order valence-corrected chi connectivity index (χ2v) is 29.4. The molecule has 0 saturated carbocycles. The molecule has 568 valence electrons. The fourth-order valence-electron chi connectivity index (χ4n) is 11.4. The predicted molar refractivity (Wildman–Crippen MR) is 432 cm³/mol. The van der Waals surface area contributed by atoms with Crippen LogP contribution < -0.4 is 30.7 Å². The van der Waals surface area contributed by atoms with E-state index in [9.17, 15) is 24.6 Å². The first kappa shape index (κ1) is 90.4. The Bertz CT molecular complexity index is 3000. The Hall–Kier alpha value is -7.71. The Balaban J connectivity index is 0.000000437. The number of hydrogen-bond donors (Lipinski definition) is 8. The maximum atomic E-state index is 11.9. The fraction of sp³-hybridized carbons (Fsp3) is 0.557. The minimum atomic E-state index is -0.0492. The summed E-state index contributed by atoms with van der Waals surface area (Å²) in [4.78, 5) is 37.4. The van der Waals surface area contributed by atoms with Gasteiger partial charge in [0.05, 0.1) is 14.2 Å². The zero-order valence-electron chi connectivity index (χ0n) is 65.5. The first-order valence-electron chi connectivity index (χ1n) is 38.7. The van der Waals surface area contributed by atoms with Gasteiger partial charge < -0.3 is 56.1 Å². The molecule has 3 amide bonds. The highest BCUT2D eigenvalue weighted by atomic mass is 16.5. The number of aromatic hydroxyl groups is 4. The van der Waals surface area contributed by atoms with Crippen LogP contribution in [0.2, 0.25) is 0 Å². The Morgan fingerprint density at radius 2 is 0.569 bits per heavy atom. The van der Waals surface area contributed by atoms with Gasteiger partial charge in [-0.25, -0.2) is 0 Å². The summed E-state index contributed by atoms with van der Waals surface area (Å²) in [5.74, 6) is 2.99. The molecule has 6 rings (SSSR count). The number of ether oxygens (including phenoxy) is 2. The van der Waals surface area contributed by atoms with Gasteiger partial charge in [-0.3, -0.25) is 14.4 Å². The van der Waals surface area contributed by atoms with E-state index in [0.29, 0.717) is 25.0 Å². The number of methoxy groups -OCH3 is 2. The largest absolute Gasteiger partial charge is 0.508 e. The molecule has 6 aromatic rings. The number of nitrogens with zero attached hydrogens (tertiary/aromatic N) is 1. The Morgan fingerprint density at radius 3 is 0.784 bits per heavy atom. The zero-order valence-corrected chi connectivity index (χ0v) is 65.5. The molecule has 14 nitrogen and oxygen atoms in total. The molecule has 0 aliphatic rings. The molecule has 0 aliphatic carbocycles. The summed E-state index contributed by atoms with van der Waals surface area (Å²) in [5, 5.41) is 50.0. The van der Waals surface area contributed by atoms with Crippen LogP contribution in [-0.4, -0.2) is 71.4 Å². The molecule has 8 N–H and O–H groups in total. The number of nitrogens with one attached hydrogen (secondary N) is 4. The summed E-state index contributed by atoms with van der Waals surface area (Å²) in [6.07, 6.45) is 40.2. The number of carbonyl (C=O) groups is 3. The van der Waals surface area contributed by atoms with Crippen LogP contribution in [0, 0.1) is 0 Å². The van der Waals surface area contributed by atoms with Gasteiger partial charge >= 0.3 is 0 Å². The lowest BCUT2D eigenvalue weighted by Gasteiger charge is -2.28. The average Bonchev–Trinajstić information content (AvgIpc) is 0.784. The van der Waals surface area contributed by atoms with Gasteiger partial charge in [0.2, 0.25) is 17.7 Å². The third-order valence-corrected chi connectivity index (χ3v) is 17.5. The van der Waals surface area contributed by atoms with E-state index in [2.05, 4.69) is 115 Å². The highest BCUT2D eigenvalue weighted by molar-refractivity contribution is 5.91. The number of hydrogen-bond acceptors (Lipinski definition) is 11. The van der Waals surface area contributed by atoms with E-state index < -0.39 is 0 Å². The van der Waals surface area contributed by atoms with E-state index >= 15 is 0 Å². The van der Waals surface area contributed by atoms with Gasteiger partial charge in [-0.05, 0) is 182 Å². The first-order chi connectivity index (χ1) is 48.9. The second-order valence-electron chi connectivity index (χ2n) is 29.4. The average molecular weight is 1410 g/mol. The molecule has 6 aromatic carbocycles. The standard InChI is InChI=1S/C24H41NO2.C18H29NO2.C17H29NO.C15H23NO2.C14H15NO2/c1-2-3-4-5-6-7-8-9-10-11-12-13-14-15-16-17-24(27)25-22-18-20-23(26)21-19-22;1-2-3-4-5-6-7-8-9-10-11-18(21)19-16-12-14-17(20)15-13-16;1-16(2,3)13-9-12(11-18(7)8)10-14(15(13)19)17(4,5)6;1-2-3-4-5-6-7-8-15(18)16-13-9-11-14(17)12-10-13;1-16-13-7-3-11(4-8-13)15-12-5-9-14(17-2)10-6-12/h18-21,26H,2-17H2,1H3,(H,25,27);12-15,20H,2-11H2,1H3,(H,19,21);9-10,19H,11H2,1-8H3;9-12,17H,2-8H2,1H3,(H,16,18);3-10,15H,1-2H3. The summed E-state index contributed by atoms with van der Waals surface area (Å²) in [5.41, 5.74) is 7.52. The first-order valence-corrected chi connectivity index (χ1v) is 38.7. The van der Waals surface area contributed by atoms with E-state index in [-0.39, 0.29) is 45.8 Å². The fourth-order valence-corrected chi connectivity index (χ4v) is 11.4. The van der Waals surface area contributed by atoms with Crippen molar-refractivity contribution in [1.82, 2.24) is 4.90 Å². The van der Waals surface area contributed by atoms with Gasteiger partial charge in [0.15, 0.2) is 0 Å². The molecule has 0 aromatic heterocycles. The van der Waals surface area contributed by atoms with Crippen molar-refractivity contribution in [2.24, 2.45) is 0 Å². The monoisotopic (exact) mass is 1410 g/mol. The highest BCUT2D eigenvalue weighted by Gasteiger charge is 2.26. The van der Waals surface area contributed by atoms with Crippen LogP contribution in [-0.2, 0) is 31.8 Å². The summed E-state index contributed by atoms with van der Waals surface area (Å²) < 4.78 is 10.2. The number of phenolic OH excluding ortho intramolecular Hbond substituents is 4. The lowest BCUT2D eigenvalue weighted by molar-refractivity contribution is -0.117. The molecular weight excluding hydrogens is 1270 g/mol. The third-order valence-electron chi connectivity index (χ3n) is 17.5. The van der Waals surface area contributed by atoms with Crippen molar-refractivity contribution in [3.8, 4) is 34.5 Å². The molecular formula is C88H137N5O9. The number of amides is 3. The van der Waals surface area contributed by atoms with Crippen LogP contribution in [0.1, 0.15) is 291 Å². The van der Waals surface area contributed by atoms with Gasteiger partial charge in [-0.2, -0.15) is 0 Å². The van der Waals surface area contributed by atoms with Crippen molar-refractivity contribution in [1.29, 1.82) is 0 Å². The highest BCUT2D eigenvalue weighted by Crippen LogP contribution is 2.40. The molecule has 0 unspecified atom stereocenters. The van der Waals surface area contributed by atoms with Crippen molar-refractivity contribution in [2.45, 2.75) is 292 Å². The van der Waals surface area contributed by atoms with E-state index in [1.807, 2.05) is 48.5 Å². The van der Waals surface area contributed by atoms with Crippen molar-refractivity contribution < 1.29 is 44.3 Å². The number of benzene rings is 6. The number of phenols is 4. The number of unbranched alkanes of at least 4 members (excludes halogenated alkanes) is 27. The van der Waals surface area contributed by atoms with Crippen molar-refractivity contribution in [3.63, 3.8) is 0 Å². The molecule has 0 heterocycles. The van der Waals surface area contributed by atoms with Crippen molar-refractivity contribution >= 4 is 46.2 Å². The molecule has 0 aliphatic heterocycles. The number of anilines is 5. The van der Waals surface area contributed by atoms with Gasteiger partial charge in [0, 0.05) is 54.2 Å². The molecule has 0 spiro atoms. The maximum Gasteiger partial charge on any atom is 0.224 e. The molecule has 0 bridgehead atoms. The van der Waals surface area contributed by atoms with E-state index in [0.717, 1.165) is 96.1 Å². The second kappa shape index (κ2) is 54.9. The predicted octanol–water partition coefficient (Wildman–Crippen LogP) is 24.4. The lowest BCUT2D eigenvalue weighted by atomic mass is 9.78. The smallest absolute Gasteiger partial charge is 0.224 e. The Labute approximate surface area is 618 Å².